The highest BCUT2D eigenvalue weighted by atomic mass is 16.1. The zero-order valence-electron chi connectivity index (χ0n) is 13.0. The molecule has 1 N–H and O–H groups in total. The topological polar surface area (TPSA) is 36.1 Å². The molecule has 0 saturated carbocycles. The number of nitrogens with one attached hydrogen (secondary N) is 1. The number of benzene rings is 1. The Kier molecular flexibility index (Phi) is 2.88. The van der Waals surface area contributed by atoms with Crippen LogP contribution in [-0.4, -0.2) is 29.3 Å². The average molecular weight is 292 g/mol. The lowest BCUT2D eigenvalue weighted by molar-refractivity contribution is 0.0968. The molecule has 1 aromatic carbocycles. The molecule has 3 heteroatoms. The Labute approximate surface area is 130 Å². The van der Waals surface area contributed by atoms with Gasteiger partial charge < -0.3 is 4.98 Å². The van der Waals surface area contributed by atoms with Crippen molar-refractivity contribution in [3.8, 4) is 0 Å². The number of carbonyl (C=O) groups is 1. The predicted octanol–water partition coefficient (Wildman–Crippen LogP) is 3.86. The first kappa shape index (κ1) is 13.5. The lowest BCUT2D eigenvalue weighted by Crippen LogP contribution is -2.36. The molecule has 2 heterocycles. The number of para-hydroxylation sites is 1. The van der Waals surface area contributed by atoms with Crippen LogP contribution in [0.2, 0.25) is 0 Å². The Balaban J connectivity index is 2.01. The first-order valence-corrected chi connectivity index (χ1v) is 7.79. The molecule has 2 aromatic rings. The van der Waals surface area contributed by atoms with Crippen molar-refractivity contribution in [1.29, 1.82) is 0 Å². The molecule has 1 fully saturated rings. The molecule has 112 valence electrons. The molecule has 3 nitrogen and oxygen atoms in total. The summed E-state index contributed by atoms with van der Waals surface area (Å²) in [5.74, 6) is 0.382. The quantitative estimate of drug-likeness (QED) is 0.748. The number of nitrogens with zero attached hydrogens (tertiary/aromatic N) is 1. The average Bonchev–Trinajstić information content (AvgIpc) is 2.86. The van der Waals surface area contributed by atoms with Gasteiger partial charge in [0.15, 0.2) is 5.78 Å². The standard InChI is InChI=1S/C19H20N2O/c1-4-12-10-21(3)19-11(2)14(12)9-16(22)18-17(19)13-7-5-6-8-15(13)20-18/h4-8,14,19-20H,2,9-10H2,1,3H3/b12-4-/t14?,19-/m1/s1. The number of likely N-dealkylation sites (tertiary alicyclic amines) is 1. The minimum atomic E-state index is 0.117. The van der Waals surface area contributed by atoms with E-state index in [9.17, 15) is 4.79 Å². The zero-order valence-corrected chi connectivity index (χ0v) is 13.0. The monoisotopic (exact) mass is 292 g/mol. The Hall–Kier alpha value is -2.13. The van der Waals surface area contributed by atoms with E-state index in [1.54, 1.807) is 0 Å². The van der Waals surface area contributed by atoms with Crippen LogP contribution in [0.3, 0.4) is 0 Å². The van der Waals surface area contributed by atoms with E-state index >= 15 is 0 Å². The van der Waals surface area contributed by atoms with Gasteiger partial charge in [0, 0.05) is 35.3 Å². The van der Waals surface area contributed by atoms with Crippen LogP contribution < -0.4 is 0 Å². The van der Waals surface area contributed by atoms with Gasteiger partial charge in [-0.3, -0.25) is 9.69 Å². The molecule has 1 saturated heterocycles. The summed E-state index contributed by atoms with van der Waals surface area (Å²) in [6.45, 7) is 7.33. The molecule has 1 aliphatic heterocycles. The van der Waals surface area contributed by atoms with Crippen molar-refractivity contribution < 1.29 is 4.79 Å². The van der Waals surface area contributed by atoms with Gasteiger partial charge in [0.25, 0.3) is 0 Å². The second-order valence-electron chi connectivity index (χ2n) is 6.40. The molecule has 1 aromatic heterocycles. The summed E-state index contributed by atoms with van der Waals surface area (Å²) in [5, 5.41) is 1.15. The van der Waals surface area contributed by atoms with Crippen molar-refractivity contribution in [2.24, 2.45) is 5.92 Å². The van der Waals surface area contributed by atoms with Crippen molar-refractivity contribution in [3.63, 3.8) is 0 Å². The van der Waals surface area contributed by atoms with Crippen molar-refractivity contribution in [2.75, 3.05) is 13.6 Å². The fourth-order valence-electron chi connectivity index (χ4n) is 4.12. The van der Waals surface area contributed by atoms with E-state index in [2.05, 4.69) is 42.6 Å². The lowest BCUT2D eigenvalue weighted by atomic mass is 9.80. The summed E-state index contributed by atoms with van der Waals surface area (Å²) in [7, 11) is 2.12. The third kappa shape index (κ3) is 1.69. The molecular formula is C19H20N2O. The number of hydrogen-bond donors (Lipinski definition) is 1. The summed E-state index contributed by atoms with van der Waals surface area (Å²) in [6, 6.07) is 8.29. The number of hydrogen-bond acceptors (Lipinski definition) is 2. The number of piperidine rings is 1. The highest BCUT2D eigenvalue weighted by Crippen LogP contribution is 2.47. The van der Waals surface area contributed by atoms with Gasteiger partial charge in [-0.05, 0) is 25.6 Å². The minimum Gasteiger partial charge on any atom is -0.352 e. The number of aromatic amines is 1. The highest BCUT2D eigenvalue weighted by Gasteiger charge is 2.41. The van der Waals surface area contributed by atoms with Crippen LogP contribution in [0.25, 0.3) is 10.9 Å². The summed E-state index contributed by atoms with van der Waals surface area (Å²) in [6.07, 6.45) is 2.68. The second kappa shape index (κ2) is 4.68. The molecule has 2 bridgehead atoms. The molecule has 0 amide bonds. The van der Waals surface area contributed by atoms with E-state index in [1.807, 2.05) is 18.2 Å². The number of likely N-dealkylation sites (N-methyl/N-ethyl adjacent to an activating group) is 1. The van der Waals surface area contributed by atoms with Crippen LogP contribution in [0.4, 0.5) is 0 Å². The van der Waals surface area contributed by atoms with Crippen LogP contribution in [0, 0.1) is 5.92 Å². The first-order chi connectivity index (χ1) is 10.6. The van der Waals surface area contributed by atoms with Crippen LogP contribution in [0.1, 0.15) is 35.4 Å². The number of allylic oxidation sites excluding steroid dienone is 1. The number of carbonyl (C=O) groups excluding carboxylic acids is 1. The van der Waals surface area contributed by atoms with Gasteiger partial charge in [0.2, 0.25) is 0 Å². The van der Waals surface area contributed by atoms with Crippen molar-refractivity contribution in [2.45, 2.75) is 19.4 Å². The summed E-state index contributed by atoms with van der Waals surface area (Å²) in [4.78, 5) is 18.5. The number of rotatable bonds is 0. The van der Waals surface area contributed by atoms with E-state index in [-0.39, 0.29) is 17.7 Å². The molecule has 4 rings (SSSR count). The predicted molar refractivity (Wildman–Crippen MR) is 89.0 cm³/mol. The summed E-state index contributed by atoms with van der Waals surface area (Å²) < 4.78 is 0. The Morgan fingerprint density at radius 2 is 2.14 bits per heavy atom. The van der Waals surface area contributed by atoms with Gasteiger partial charge in [-0.1, -0.05) is 36.4 Å². The third-order valence-corrected chi connectivity index (χ3v) is 5.18. The largest absolute Gasteiger partial charge is 0.352 e. The highest BCUT2D eigenvalue weighted by molar-refractivity contribution is 6.04. The maximum atomic E-state index is 12.8. The van der Waals surface area contributed by atoms with Gasteiger partial charge in [-0.25, -0.2) is 0 Å². The second-order valence-corrected chi connectivity index (χ2v) is 6.40. The number of aromatic nitrogens is 1. The maximum Gasteiger partial charge on any atom is 0.180 e. The normalized spacial score (nSPS) is 27.3. The van der Waals surface area contributed by atoms with Crippen LogP contribution in [0.15, 0.2) is 48.1 Å². The van der Waals surface area contributed by atoms with E-state index in [4.69, 9.17) is 0 Å². The summed E-state index contributed by atoms with van der Waals surface area (Å²) in [5.41, 5.74) is 5.40. The van der Waals surface area contributed by atoms with Crippen LogP contribution in [-0.2, 0) is 0 Å². The van der Waals surface area contributed by atoms with E-state index in [1.165, 1.54) is 5.57 Å². The molecular weight excluding hydrogens is 272 g/mol. The van der Waals surface area contributed by atoms with Gasteiger partial charge in [-0.15, -0.1) is 0 Å². The number of fused-ring (bicyclic) bond motifs is 6. The maximum absolute atomic E-state index is 12.8. The Bertz CT molecular complexity index is 827. The third-order valence-electron chi connectivity index (χ3n) is 5.18. The number of Topliss-reactive ketones (excluding diaryl/α,β-unsaturated/α-hetero) is 1. The zero-order chi connectivity index (χ0) is 15.4. The lowest BCUT2D eigenvalue weighted by Gasteiger charge is -2.39. The van der Waals surface area contributed by atoms with E-state index < -0.39 is 0 Å². The SMILES string of the molecule is C=C1C2CC(=O)c3[nH]c4ccccc4c3[C@@H]1N(C)C/C2=C/C. The fraction of sp³-hybridized carbons (Fsp3) is 0.316. The van der Waals surface area contributed by atoms with Crippen molar-refractivity contribution in [1.82, 2.24) is 9.88 Å². The Morgan fingerprint density at radius 1 is 1.36 bits per heavy atom. The molecule has 22 heavy (non-hydrogen) atoms. The first-order valence-electron chi connectivity index (χ1n) is 7.79. The Morgan fingerprint density at radius 3 is 2.91 bits per heavy atom. The van der Waals surface area contributed by atoms with Crippen LogP contribution in [0.5, 0.6) is 0 Å². The number of H-pyrrole nitrogens is 1. The van der Waals surface area contributed by atoms with E-state index in [0.29, 0.717) is 6.42 Å². The summed E-state index contributed by atoms with van der Waals surface area (Å²) >= 11 is 0. The molecule has 0 spiro atoms. The molecule has 0 radical (unpaired) electrons. The van der Waals surface area contributed by atoms with E-state index in [0.717, 1.165) is 34.3 Å². The molecule has 2 aliphatic rings. The minimum absolute atomic E-state index is 0.117. The number of ketones is 1. The van der Waals surface area contributed by atoms with Gasteiger partial charge in [0.1, 0.15) is 0 Å². The molecule has 1 aliphatic carbocycles. The van der Waals surface area contributed by atoms with Crippen molar-refractivity contribution >= 4 is 16.7 Å². The molecule has 1 unspecified atom stereocenters. The van der Waals surface area contributed by atoms with Crippen molar-refractivity contribution in [3.05, 3.63) is 59.3 Å². The van der Waals surface area contributed by atoms with Crippen LogP contribution >= 0.6 is 0 Å². The molecule has 2 atom stereocenters. The smallest absolute Gasteiger partial charge is 0.180 e. The van der Waals surface area contributed by atoms with Gasteiger partial charge >= 0.3 is 0 Å². The van der Waals surface area contributed by atoms with Gasteiger partial charge in [0.05, 0.1) is 11.7 Å². The van der Waals surface area contributed by atoms with Gasteiger partial charge in [-0.2, -0.15) is 0 Å². The fourth-order valence-corrected chi connectivity index (χ4v) is 4.12.